The molecule has 2 nitrogen and oxygen atoms in total. The molecule has 0 radical (unpaired) electrons. The van der Waals surface area contributed by atoms with Crippen LogP contribution in [0.2, 0.25) is 0 Å². The van der Waals surface area contributed by atoms with Gasteiger partial charge in [0, 0.05) is 29.0 Å². The zero-order valence-electron chi connectivity index (χ0n) is 24.2. The van der Waals surface area contributed by atoms with E-state index in [0.717, 1.165) is 64.4 Å². The molecule has 4 aromatic carbocycles. The summed E-state index contributed by atoms with van der Waals surface area (Å²) in [4.78, 5) is 0. The van der Waals surface area contributed by atoms with E-state index in [2.05, 4.69) is 63.7 Å². The highest BCUT2D eigenvalue weighted by Gasteiger charge is 2.26. The highest BCUT2D eigenvalue weighted by atomic mass is 79.9. The Morgan fingerprint density at radius 3 is 1.11 bits per heavy atom. The van der Waals surface area contributed by atoms with E-state index in [1.165, 1.54) is 0 Å². The van der Waals surface area contributed by atoms with Crippen molar-refractivity contribution >= 4 is 95.8 Å². The first-order valence-corrected chi connectivity index (χ1v) is 19.2. The van der Waals surface area contributed by atoms with Crippen molar-refractivity contribution in [1.82, 2.24) is 0 Å². The molecule has 2 aliphatic carbocycles. The summed E-state index contributed by atoms with van der Waals surface area (Å²) < 4.78 is 91.0. The molecule has 6 rings (SSSR count). The lowest BCUT2D eigenvalue weighted by atomic mass is 9.94. The maximum Gasteiger partial charge on any atom is 0.159 e. The molecular weight excluding hydrogens is 892 g/mol. The molecule has 47 heavy (non-hydrogen) atoms. The fraction of sp³-hybridized carbons (Fsp3) is 0.111. The summed E-state index contributed by atoms with van der Waals surface area (Å²) in [6.07, 6.45) is 8.67. The maximum absolute atomic E-state index is 15.4. The van der Waals surface area contributed by atoms with Gasteiger partial charge >= 0.3 is 0 Å². The molecule has 2 aliphatic rings. The van der Waals surface area contributed by atoms with Gasteiger partial charge in [0.15, 0.2) is 9.84 Å². The van der Waals surface area contributed by atoms with Crippen molar-refractivity contribution in [3.05, 3.63) is 160 Å². The highest BCUT2D eigenvalue weighted by Crippen LogP contribution is 2.41. The van der Waals surface area contributed by atoms with Crippen molar-refractivity contribution in [2.24, 2.45) is 0 Å². The van der Waals surface area contributed by atoms with Gasteiger partial charge in [0.2, 0.25) is 0 Å². The summed E-state index contributed by atoms with van der Waals surface area (Å²) in [7, 11) is -4.40. The summed E-state index contributed by atoms with van der Waals surface area (Å²) in [5.41, 5.74) is 3.59. The second kappa shape index (κ2) is 13.7. The Labute approximate surface area is 303 Å². The van der Waals surface area contributed by atoms with Crippen LogP contribution in [-0.2, 0) is 21.3 Å². The zero-order chi connectivity index (χ0) is 33.6. The highest BCUT2D eigenvalue weighted by molar-refractivity contribution is 9.13. The Balaban J connectivity index is 1.22. The van der Waals surface area contributed by atoms with E-state index in [1.807, 2.05) is 60.7 Å². The molecule has 0 heterocycles. The molecule has 0 spiro atoms. The normalized spacial score (nSPS) is 14.6. The van der Waals surface area contributed by atoms with E-state index in [9.17, 15) is 8.42 Å². The number of sulfone groups is 1. The second-order valence-corrected chi connectivity index (χ2v) is 16.6. The molecule has 0 N–H and O–H groups in total. The van der Waals surface area contributed by atoms with Crippen molar-refractivity contribution in [2.45, 2.75) is 24.3 Å². The molecule has 0 amide bonds. The van der Waals surface area contributed by atoms with Crippen molar-refractivity contribution in [3.63, 3.8) is 0 Å². The van der Waals surface area contributed by atoms with Crippen molar-refractivity contribution in [2.75, 3.05) is 0 Å². The van der Waals surface area contributed by atoms with Crippen molar-refractivity contribution in [3.8, 4) is 0 Å². The number of rotatable bonds is 8. The van der Waals surface area contributed by atoms with Gasteiger partial charge in [-0.25, -0.2) is 26.0 Å². The summed E-state index contributed by atoms with van der Waals surface area (Å²) in [5, 5.41) is 0. The third-order valence-corrected chi connectivity index (χ3v) is 13.2. The molecule has 0 fully saturated rings. The standard InChI is InChI=1S/C36H22Br4F4O2S/c37-29-9-7-19(11-31(29)39)23-3-1-5-25(23)21-13-33(41)27(34(42)14-21)17-47(45,46)18-28-35(43)15-22(16-36(28)44)26-6-2-4-24(26)20-8-10-30(38)32(40)12-20/h3-16H,1-2,17-18H2. The molecule has 0 aliphatic heterocycles. The molecule has 0 saturated carbocycles. The van der Waals surface area contributed by atoms with Crippen LogP contribution in [-0.4, -0.2) is 8.42 Å². The lowest BCUT2D eigenvalue weighted by Crippen LogP contribution is -2.13. The molecule has 0 bridgehead atoms. The third-order valence-electron chi connectivity index (χ3n) is 7.96. The Morgan fingerprint density at radius 2 is 0.787 bits per heavy atom. The average molecular weight is 914 g/mol. The number of hydrogen-bond donors (Lipinski definition) is 0. The van der Waals surface area contributed by atoms with Crippen LogP contribution in [0.4, 0.5) is 17.6 Å². The summed E-state index contributed by atoms with van der Waals surface area (Å²) >= 11 is 13.8. The van der Waals surface area contributed by atoms with E-state index in [0.29, 0.717) is 24.0 Å². The molecule has 0 unspecified atom stereocenters. The lowest BCUT2D eigenvalue weighted by Gasteiger charge is -2.15. The molecule has 240 valence electrons. The predicted octanol–water partition coefficient (Wildman–Crippen LogP) is 12.1. The fourth-order valence-electron chi connectivity index (χ4n) is 5.73. The lowest BCUT2D eigenvalue weighted by molar-refractivity contribution is 0.547. The van der Waals surface area contributed by atoms with Crippen LogP contribution in [0.1, 0.15) is 46.2 Å². The van der Waals surface area contributed by atoms with Crippen LogP contribution < -0.4 is 0 Å². The fourth-order valence-corrected chi connectivity index (χ4v) is 8.52. The van der Waals surface area contributed by atoms with E-state index < -0.39 is 55.7 Å². The largest absolute Gasteiger partial charge is 0.228 e. The van der Waals surface area contributed by atoms with Gasteiger partial charge in [-0.05, 0) is 170 Å². The van der Waals surface area contributed by atoms with Crippen LogP contribution in [0.15, 0.2) is 103 Å². The number of allylic oxidation sites excluding steroid dienone is 8. The van der Waals surface area contributed by atoms with E-state index >= 15 is 17.6 Å². The predicted molar refractivity (Wildman–Crippen MR) is 194 cm³/mol. The van der Waals surface area contributed by atoms with Crippen LogP contribution in [0, 0.1) is 23.3 Å². The van der Waals surface area contributed by atoms with Gasteiger partial charge in [-0.2, -0.15) is 0 Å². The van der Waals surface area contributed by atoms with Crippen LogP contribution in [0.5, 0.6) is 0 Å². The molecule has 0 aromatic heterocycles. The Morgan fingerprint density at radius 1 is 0.468 bits per heavy atom. The maximum atomic E-state index is 15.4. The topological polar surface area (TPSA) is 34.1 Å². The minimum absolute atomic E-state index is 0.252. The monoisotopic (exact) mass is 910 g/mol. The summed E-state index contributed by atoms with van der Waals surface area (Å²) in [6, 6.07) is 15.6. The number of halogens is 8. The third kappa shape index (κ3) is 7.25. The van der Waals surface area contributed by atoms with E-state index in [4.69, 9.17) is 0 Å². The molecule has 0 atom stereocenters. The Hall–Kier alpha value is -2.57. The van der Waals surface area contributed by atoms with E-state index in [-0.39, 0.29) is 11.1 Å². The molecule has 4 aromatic rings. The van der Waals surface area contributed by atoms with Gasteiger partial charge in [0.1, 0.15) is 23.3 Å². The number of hydrogen-bond acceptors (Lipinski definition) is 2. The quantitative estimate of drug-likeness (QED) is 0.165. The molecule has 0 saturated heterocycles. The van der Waals surface area contributed by atoms with Crippen LogP contribution in [0.3, 0.4) is 0 Å². The van der Waals surface area contributed by atoms with Gasteiger partial charge in [-0.3, -0.25) is 0 Å². The van der Waals surface area contributed by atoms with E-state index in [1.54, 1.807) is 0 Å². The van der Waals surface area contributed by atoms with Crippen LogP contribution >= 0.6 is 63.7 Å². The summed E-state index contributed by atoms with van der Waals surface area (Å²) in [6.45, 7) is 0. The molecular formula is C36H22Br4F4O2S. The van der Waals surface area contributed by atoms with Gasteiger partial charge in [-0.1, -0.05) is 36.4 Å². The number of benzene rings is 4. The first kappa shape index (κ1) is 34.3. The van der Waals surface area contributed by atoms with Gasteiger partial charge in [0.25, 0.3) is 0 Å². The minimum atomic E-state index is -4.40. The van der Waals surface area contributed by atoms with Gasteiger partial charge in [-0.15, -0.1) is 0 Å². The summed E-state index contributed by atoms with van der Waals surface area (Å²) in [5.74, 6) is -6.37. The smallest absolute Gasteiger partial charge is 0.159 e. The SMILES string of the molecule is O=S(=O)(Cc1c(F)cc(C2=CCC=C2c2ccc(Br)c(Br)c2)cc1F)Cc1c(F)cc(C2=CCC=C2c2ccc(Br)c(Br)c2)cc1F. The van der Waals surface area contributed by atoms with Crippen LogP contribution in [0.25, 0.3) is 22.3 Å². The average Bonchev–Trinajstić information content (AvgIpc) is 3.70. The zero-order valence-corrected chi connectivity index (χ0v) is 31.3. The first-order chi connectivity index (χ1) is 22.3. The Kier molecular flexibility index (Phi) is 10.0. The van der Waals surface area contributed by atoms with Crippen molar-refractivity contribution in [1.29, 1.82) is 0 Å². The van der Waals surface area contributed by atoms with Crippen molar-refractivity contribution < 1.29 is 26.0 Å². The first-order valence-electron chi connectivity index (χ1n) is 14.2. The van der Waals surface area contributed by atoms with Gasteiger partial charge < -0.3 is 0 Å². The second-order valence-electron chi connectivity index (χ2n) is 11.1. The molecule has 11 heteroatoms. The minimum Gasteiger partial charge on any atom is -0.228 e. The van der Waals surface area contributed by atoms with Gasteiger partial charge in [0.05, 0.1) is 11.5 Å². The Bertz CT molecular complexity index is 2010.